The Hall–Kier alpha value is -3.83. The molecule has 34 heavy (non-hydrogen) atoms. The number of aliphatic hydroxyl groups excluding tert-OH is 2. The normalized spacial score (nSPS) is 14.9. The highest BCUT2D eigenvalue weighted by atomic mass is 16.4. The summed E-state index contributed by atoms with van der Waals surface area (Å²) >= 11 is 0. The molecule has 192 valence electrons. The molecule has 0 bridgehead atoms. The van der Waals surface area contributed by atoms with Crippen LogP contribution in [-0.2, 0) is 33.6 Å². The van der Waals surface area contributed by atoms with Crippen LogP contribution >= 0.6 is 0 Å². The number of carboxylic acid groups (broad SMARTS) is 3. The summed E-state index contributed by atoms with van der Waals surface area (Å²) in [4.78, 5) is 80.4. The quantitative estimate of drug-likeness (QED) is 0.102. The van der Waals surface area contributed by atoms with E-state index in [0.29, 0.717) is 0 Å². The molecule has 0 saturated carbocycles. The molecule has 11 N–H and O–H groups in total. The molecule has 0 fully saturated rings. The van der Waals surface area contributed by atoms with Crippen molar-refractivity contribution in [2.45, 2.75) is 50.0 Å². The lowest BCUT2D eigenvalue weighted by atomic mass is 10.1. The maximum atomic E-state index is 12.2. The fraction of sp³-hybridized carbons (Fsp3) is 0.588. The third-order valence-corrected chi connectivity index (χ3v) is 4.04. The van der Waals surface area contributed by atoms with Crippen molar-refractivity contribution < 1.29 is 59.1 Å². The standard InChI is InChI=1S/C17H27N5O12/c1-6(24)13(22-14(30)7(18)2-11(26)27)16(32)19-4-10(25)20-9(5-23)15(31)21-8(17(33)34)3-12(28)29/h6-9,13,23-24H,2-5,18H2,1H3,(H,19,32)(H,20,25)(H,21,31)(H,22,30)(H,26,27)(H,28,29)(H,33,34)/t6-,7+,8+,9+,13+/m1/s1. The fourth-order valence-electron chi connectivity index (χ4n) is 2.31. The van der Waals surface area contributed by atoms with Gasteiger partial charge in [-0.05, 0) is 6.92 Å². The van der Waals surface area contributed by atoms with Gasteiger partial charge in [0.05, 0.1) is 38.1 Å². The molecule has 5 atom stereocenters. The lowest BCUT2D eigenvalue weighted by Gasteiger charge is -2.23. The summed E-state index contributed by atoms with van der Waals surface area (Å²) in [6.07, 6.45) is -3.20. The maximum absolute atomic E-state index is 12.2. The van der Waals surface area contributed by atoms with Crippen molar-refractivity contribution in [2.75, 3.05) is 13.2 Å². The van der Waals surface area contributed by atoms with Gasteiger partial charge in [0.1, 0.15) is 18.1 Å². The molecule has 0 unspecified atom stereocenters. The predicted octanol–water partition coefficient (Wildman–Crippen LogP) is -5.71. The van der Waals surface area contributed by atoms with Crippen LogP contribution in [-0.4, -0.2) is 110 Å². The largest absolute Gasteiger partial charge is 0.481 e. The first-order valence-electron chi connectivity index (χ1n) is 9.58. The van der Waals surface area contributed by atoms with Crippen molar-refractivity contribution in [2.24, 2.45) is 5.73 Å². The van der Waals surface area contributed by atoms with E-state index in [0.717, 1.165) is 6.92 Å². The van der Waals surface area contributed by atoms with Crippen molar-refractivity contribution >= 4 is 41.5 Å². The van der Waals surface area contributed by atoms with Gasteiger partial charge in [-0.15, -0.1) is 0 Å². The molecule has 0 saturated heterocycles. The Kier molecular flexibility index (Phi) is 12.7. The fourth-order valence-corrected chi connectivity index (χ4v) is 2.31. The Balaban J connectivity index is 4.94. The molecule has 0 spiro atoms. The molecule has 0 rings (SSSR count). The van der Waals surface area contributed by atoms with Crippen LogP contribution in [0.3, 0.4) is 0 Å². The molecule has 0 aliphatic carbocycles. The molecular weight excluding hydrogens is 466 g/mol. The Bertz CT molecular complexity index is 802. The molecule has 17 heteroatoms. The number of aliphatic hydroxyl groups is 2. The summed E-state index contributed by atoms with van der Waals surface area (Å²) in [7, 11) is 0. The number of amides is 4. The van der Waals surface area contributed by atoms with Crippen LogP contribution in [0.4, 0.5) is 0 Å². The monoisotopic (exact) mass is 493 g/mol. The van der Waals surface area contributed by atoms with Gasteiger partial charge < -0.3 is 52.5 Å². The smallest absolute Gasteiger partial charge is 0.326 e. The second-order valence-corrected chi connectivity index (χ2v) is 6.95. The second-order valence-electron chi connectivity index (χ2n) is 6.95. The number of carbonyl (C=O) groups excluding carboxylic acids is 4. The lowest BCUT2D eigenvalue weighted by molar-refractivity contribution is -0.147. The summed E-state index contributed by atoms with van der Waals surface area (Å²) in [6, 6.07) is -6.67. The first-order valence-corrected chi connectivity index (χ1v) is 9.58. The van der Waals surface area contributed by atoms with Gasteiger partial charge in [0.25, 0.3) is 0 Å². The zero-order valence-corrected chi connectivity index (χ0v) is 17.9. The van der Waals surface area contributed by atoms with Gasteiger partial charge in [0, 0.05) is 0 Å². The van der Waals surface area contributed by atoms with E-state index >= 15 is 0 Å². The molecule has 4 amide bonds. The average Bonchev–Trinajstić information content (AvgIpc) is 2.71. The van der Waals surface area contributed by atoms with E-state index in [2.05, 4.69) is 0 Å². The molecular formula is C17H27N5O12. The summed E-state index contributed by atoms with van der Waals surface area (Å²) in [6.45, 7) is -0.700. The number of carboxylic acids is 3. The van der Waals surface area contributed by atoms with Crippen LogP contribution in [0.2, 0.25) is 0 Å². The Morgan fingerprint density at radius 2 is 1.35 bits per heavy atom. The number of nitrogens with two attached hydrogens (primary N) is 1. The van der Waals surface area contributed by atoms with Crippen LogP contribution in [0.1, 0.15) is 19.8 Å². The van der Waals surface area contributed by atoms with E-state index in [1.54, 1.807) is 0 Å². The number of aliphatic carboxylic acids is 3. The zero-order valence-electron chi connectivity index (χ0n) is 17.9. The third kappa shape index (κ3) is 11.2. The van der Waals surface area contributed by atoms with Gasteiger partial charge in [0.2, 0.25) is 23.6 Å². The van der Waals surface area contributed by atoms with Crippen LogP contribution in [0.25, 0.3) is 0 Å². The lowest BCUT2D eigenvalue weighted by Crippen LogP contribution is -2.58. The van der Waals surface area contributed by atoms with E-state index in [1.165, 1.54) is 0 Å². The maximum Gasteiger partial charge on any atom is 0.326 e. The average molecular weight is 493 g/mol. The predicted molar refractivity (Wildman–Crippen MR) is 108 cm³/mol. The highest BCUT2D eigenvalue weighted by molar-refractivity contribution is 5.95. The molecule has 0 heterocycles. The number of rotatable bonds is 15. The second kappa shape index (κ2) is 14.3. The summed E-state index contributed by atoms with van der Waals surface area (Å²) in [5, 5.41) is 53.1. The van der Waals surface area contributed by atoms with E-state index in [4.69, 9.17) is 21.1 Å². The minimum absolute atomic E-state index is 0.748. The van der Waals surface area contributed by atoms with E-state index in [9.17, 15) is 43.8 Å². The highest BCUT2D eigenvalue weighted by Crippen LogP contribution is 1.98. The van der Waals surface area contributed by atoms with E-state index in [-0.39, 0.29) is 0 Å². The molecule has 0 aromatic carbocycles. The van der Waals surface area contributed by atoms with Crippen LogP contribution < -0.4 is 27.0 Å². The van der Waals surface area contributed by atoms with Crippen molar-refractivity contribution in [3.8, 4) is 0 Å². The topological polar surface area (TPSA) is 295 Å². The number of carbonyl (C=O) groups is 7. The van der Waals surface area contributed by atoms with Crippen molar-refractivity contribution in [3.05, 3.63) is 0 Å². The van der Waals surface area contributed by atoms with Crippen molar-refractivity contribution in [1.29, 1.82) is 0 Å². The third-order valence-electron chi connectivity index (χ3n) is 4.04. The minimum Gasteiger partial charge on any atom is -0.481 e. The van der Waals surface area contributed by atoms with Gasteiger partial charge >= 0.3 is 17.9 Å². The molecule has 0 aliphatic rings. The zero-order chi connectivity index (χ0) is 26.6. The highest BCUT2D eigenvalue weighted by Gasteiger charge is 2.30. The Morgan fingerprint density at radius 3 is 1.79 bits per heavy atom. The summed E-state index contributed by atoms with van der Waals surface area (Å²) in [5.41, 5.74) is 5.37. The first-order chi connectivity index (χ1) is 15.7. The molecule has 0 aromatic rings. The van der Waals surface area contributed by atoms with Crippen molar-refractivity contribution in [1.82, 2.24) is 21.3 Å². The molecule has 0 aromatic heterocycles. The van der Waals surface area contributed by atoms with Crippen LogP contribution in [0.5, 0.6) is 0 Å². The minimum atomic E-state index is -1.83. The molecule has 0 aliphatic heterocycles. The van der Waals surface area contributed by atoms with Crippen LogP contribution in [0.15, 0.2) is 0 Å². The summed E-state index contributed by atoms with van der Waals surface area (Å²) in [5.74, 6) is -8.96. The van der Waals surface area contributed by atoms with E-state index < -0.39 is 97.8 Å². The summed E-state index contributed by atoms with van der Waals surface area (Å²) < 4.78 is 0. The number of hydrogen-bond acceptors (Lipinski definition) is 10. The first kappa shape index (κ1) is 30.2. The molecule has 0 radical (unpaired) electrons. The number of nitrogens with one attached hydrogen (secondary N) is 4. The van der Waals surface area contributed by atoms with Gasteiger partial charge in [0.15, 0.2) is 0 Å². The van der Waals surface area contributed by atoms with E-state index in [1.807, 2.05) is 21.3 Å². The van der Waals surface area contributed by atoms with Gasteiger partial charge in [-0.2, -0.15) is 0 Å². The SMILES string of the molecule is C[C@@H](O)[C@H](NC(=O)[C@@H](N)CC(=O)O)C(=O)NCC(=O)N[C@@H](CO)C(=O)N[C@@H](CC(=O)O)C(=O)O. The Labute approximate surface area is 191 Å². The van der Waals surface area contributed by atoms with Crippen molar-refractivity contribution in [3.63, 3.8) is 0 Å². The molecule has 17 nitrogen and oxygen atoms in total. The number of hydrogen-bond donors (Lipinski definition) is 10. The van der Waals surface area contributed by atoms with Gasteiger partial charge in [-0.3, -0.25) is 28.8 Å². The van der Waals surface area contributed by atoms with Gasteiger partial charge in [-0.25, -0.2) is 4.79 Å². The van der Waals surface area contributed by atoms with Crippen LogP contribution in [0, 0.1) is 0 Å². The Morgan fingerprint density at radius 1 is 0.794 bits per heavy atom. The van der Waals surface area contributed by atoms with Gasteiger partial charge in [-0.1, -0.05) is 0 Å².